The molecule has 0 spiro atoms. The molecule has 1 aromatic rings. The molecule has 0 saturated carbocycles. The van der Waals surface area contributed by atoms with Crippen molar-refractivity contribution in [2.75, 3.05) is 13.2 Å². The first-order valence-electron chi connectivity index (χ1n) is 4.21. The van der Waals surface area contributed by atoms with Crippen LogP contribution in [0.3, 0.4) is 0 Å². The minimum Gasteiger partial charge on any atom is -0.485 e. The average molecular weight is 244 g/mol. The smallest absolute Gasteiger partial charge is 0.152 e. The Labute approximate surface area is 85.2 Å². The summed E-state index contributed by atoms with van der Waals surface area (Å²) in [6.07, 6.45) is 2.86. The first-order chi connectivity index (χ1) is 6.36. The van der Waals surface area contributed by atoms with E-state index in [1.807, 2.05) is 12.1 Å². The SMILES string of the molecule is Brc1ncccc1O[C@H]1CCOC1. The fourth-order valence-electron chi connectivity index (χ4n) is 1.24. The van der Waals surface area contributed by atoms with Crippen LogP contribution in [-0.2, 0) is 4.74 Å². The lowest BCUT2D eigenvalue weighted by atomic mass is 10.3. The van der Waals surface area contributed by atoms with E-state index in [4.69, 9.17) is 9.47 Å². The van der Waals surface area contributed by atoms with E-state index < -0.39 is 0 Å². The minimum atomic E-state index is 0.181. The quantitative estimate of drug-likeness (QED) is 0.745. The number of rotatable bonds is 2. The molecule has 3 nitrogen and oxygen atoms in total. The van der Waals surface area contributed by atoms with Gasteiger partial charge in [0.2, 0.25) is 0 Å². The molecule has 1 aliphatic rings. The summed E-state index contributed by atoms with van der Waals surface area (Å²) in [6, 6.07) is 3.76. The third-order valence-corrected chi connectivity index (χ3v) is 2.50. The van der Waals surface area contributed by atoms with Gasteiger partial charge in [0, 0.05) is 12.6 Å². The molecule has 2 rings (SSSR count). The van der Waals surface area contributed by atoms with Gasteiger partial charge in [-0.05, 0) is 28.1 Å². The maximum Gasteiger partial charge on any atom is 0.152 e. The van der Waals surface area contributed by atoms with E-state index in [-0.39, 0.29) is 6.10 Å². The Kier molecular flexibility index (Phi) is 2.80. The van der Waals surface area contributed by atoms with Crippen molar-refractivity contribution in [1.82, 2.24) is 4.98 Å². The van der Waals surface area contributed by atoms with Crippen LogP contribution in [0.25, 0.3) is 0 Å². The number of nitrogens with zero attached hydrogens (tertiary/aromatic N) is 1. The molecule has 70 valence electrons. The zero-order valence-electron chi connectivity index (χ0n) is 7.07. The van der Waals surface area contributed by atoms with Crippen molar-refractivity contribution < 1.29 is 9.47 Å². The topological polar surface area (TPSA) is 31.4 Å². The number of pyridine rings is 1. The predicted octanol–water partition coefficient (Wildman–Crippen LogP) is 2.01. The number of hydrogen-bond donors (Lipinski definition) is 0. The first kappa shape index (κ1) is 8.97. The van der Waals surface area contributed by atoms with Gasteiger partial charge in [0.25, 0.3) is 0 Å². The molecule has 0 N–H and O–H groups in total. The van der Waals surface area contributed by atoms with Gasteiger partial charge in [-0.1, -0.05) is 0 Å². The van der Waals surface area contributed by atoms with E-state index in [9.17, 15) is 0 Å². The van der Waals surface area contributed by atoms with Gasteiger partial charge in [-0.2, -0.15) is 0 Å². The molecule has 1 fully saturated rings. The molecule has 0 bridgehead atoms. The van der Waals surface area contributed by atoms with Crippen molar-refractivity contribution in [3.8, 4) is 5.75 Å². The van der Waals surface area contributed by atoms with Gasteiger partial charge in [0.1, 0.15) is 10.7 Å². The van der Waals surface area contributed by atoms with Gasteiger partial charge >= 0.3 is 0 Å². The van der Waals surface area contributed by atoms with Crippen LogP contribution in [0.15, 0.2) is 22.9 Å². The minimum absolute atomic E-state index is 0.181. The molecule has 4 heteroatoms. The summed E-state index contributed by atoms with van der Waals surface area (Å²) in [6.45, 7) is 1.48. The molecule has 0 unspecified atom stereocenters. The van der Waals surface area contributed by atoms with Crippen molar-refractivity contribution in [2.24, 2.45) is 0 Å². The molecule has 0 amide bonds. The lowest BCUT2D eigenvalue weighted by molar-refractivity contribution is 0.140. The highest BCUT2D eigenvalue weighted by molar-refractivity contribution is 9.10. The Morgan fingerprint density at radius 1 is 1.62 bits per heavy atom. The van der Waals surface area contributed by atoms with Crippen LogP contribution in [0.1, 0.15) is 6.42 Å². The van der Waals surface area contributed by atoms with Crippen LogP contribution in [-0.4, -0.2) is 24.3 Å². The fraction of sp³-hybridized carbons (Fsp3) is 0.444. The van der Waals surface area contributed by atoms with Crippen LogP contribution in [0.4, 0.5) is 0 Å². The lowest BCUT2D eigenvalue weighted by Crippen LogP contribution is -2.16. The molecule has 13 heavy (non-hydrogen) atoms. The van der Waals surface area contributed by atoms with Crippen LogP contribution >= 0.6 is 15.9 Å². The summed E-state index contributed by atoms with van der Waals surface area (Å²) in [4.78, 5) is 4.07. The second kappa shape index (κ2) is 4.07. The summed E-state index contributed by atoms with van der Waals surface area (Å²) in [7, 11) is 0. The highest BCUT2D eigenvalue weighted by Crippen LogP contribution is 2.24. The highest BCUT2D eigenvalue weighted by Gasteiger charge is 2.18. The molecule has 1 aromatic heterocycles. The van der Waals surface area contributed by atoms with Crippen LogP contribution < -0.4 is 4.74 Å². The zero-order chi connectivity index (χ0) is 9.10. The normalized spacial score (nSPS) is 21.8. The molecule has 0 aliphatic carbocycles. The third kappa shape index (κ3) is 2.19. The van der Waals surface area contributed by atoms with E-state index in [0.29, 0.717) is 6.61 Å². The number of aromatic nitrogens is 1. The van der Waals surface area contributed by atoms with Gasteiger partial charge < -0.3 is 9.47 Å². The van der Waals surface area contributed by atoms with Crippen molar-refractivity contribution >= 4 is 15.9 Å². The van der Waals surface area contributed by atoms with Gasteiger partial charge in [0.15, 0.2) is 5.75 Å². The predicted molar refractivity (Wildman–Crippen MR) is 51.8 cm³/mol. The molecule has 0 radical (unpaired) electrons. The van der Waals surface area contributed by atoms with Crippen molar-refractivity contribution in [2.45, 2.75) is 12.5 Å². The second-order valence-electron chi connectivity index (χ2n) is 2.90. The molecular weight excluding hydrogens is 234 g/mol. The lowest BCUT2D eigenvalue weighted by Gasteiger charge is -2.11. The Bertz CT molecular complexity index is 287. The molecule has 2 heterocycles. The van der Waals surface area contributed by atoms with Crippen LogP contribution in [0.2, 0.25) is 0 Å². The molecular formula is C9H10BrNO2. The van der Waals surface area contributed by atoms with Gasteiger partial charge in [-0.3, -0.25) is 0 Å². The largest absolute Gasteiger partial charge is 0.485 e. The fourth-order valence-corrected chi connectivity index (χ4v) is 1.59. The standard InChI is InChI=1S/C9H10BrNO2/c10-9-8(2-1-4-11-9)13-7-3-5-12-6-7/h1-2,4,7H,3,5-6H2/t7-/m0/s1. The van der Waals surface area contributed by atoms with E-state index in [2.05, 4.69) is 20.9 Å². The monoisotopic (exact) mass is 243 g/mol. The van der Waals surface area contributed by atoms with Crippen molar-refractivity contribution in [3.63, 3.8) is 0 Å². The van der Waals surface area contributed by atoms with Gasteiger partial charge in [-0.15, -0.1) is 0 Å². The Hall–Kier alpha value is -0.610. The van der Waals surface area contributed by atoms with Gasteiger partial charge in [-0.25, -0.2) is 4.98 Å². The maximum absolute atomic E-state index is 5.67. The Morgan fingerprint density at radius 2 is 2.54 bits per heavy atom. The number of hydrogen-bond acceptors (Lipinski definition) is 3. The van der Waals surface area contributed by atoms with Gasteiger partial charge in [0.05, 0.1) is 13.2 Å². The molecule has 1 aliphatic heterocycles. The maximum atomic E-state index is 5.67. The van der Waals surface area contributed by atoms with Crippen molar-refractivity contribution in [3.05, 3.63) is 22.9 Å². The summed E-state index contributed by atoms with van der Waals surface area (Å²) in [5.41, 5.74) is 0. The number of halogens is 1. The summed E-state index contributed by atoms with van der Waals surface area (Å²) in [5, 5.41) is 0. The number of ether oxygens (including phenoxy) is 2. The van der Waals surface area contributed by atoms with E-state index in [1.54, 1.807) is 6.20 Å². The average Bonchev–Trinajstić information content (AvgIpc) is 2.61. The second-order valence-corrected chi connectivity index (χ2v) is 3.65. The zero-order valence-corrected chi connectivity index (χ0v) is 8.66. The molecule has 1 atom stereocenters. The summed E-state index contributed by atoms with van der Waals surface area (Å²) >= 11 is 3.33. The van der Waals surface area contributed by atoms with E-state index in [1.165, 1.54) is 0 Å². The third-order valence-electron chi connectivity index (χ3n) is 1.91. The Balaban J connectivity index is 2.04. The van der Waals surface area contributed by atoms with E-state index >= 15 is 0 Å². The first-order valence-corrected chi connectivity index (χ1v) is 5.00. The van der Waals surface area contributed by atoms with E-state index in [0.717, 1.165) is 23.4 Å². The molecule has 0 aromatic carbocycles. The molecule has 1 saturated heterocycles. The Morgan fingerprint density at radius 3 is 3.23 bits per heavy atom. The summed E-state index contributed by atoms with van der Waals surface area (Å²) in [5.74, 6) is 0.790. The van der Waals surface area contributed by atoms with Crippen LogP contribution in [0.5, 0.6) is 5.75 Å². The van der Waals surface area contributed by atoms with Crippen LogP contribution in [0, 0.1) is 0 Å². The summed E-state index contributed by atoms with van der Waals surface area (Å²) < 4.78 is 11.6. The highest BCUT2D eigenvalue weighted by atomic mass is 79.9. The van der Waals surface area contributed by atoms with Crippen molar-refractivity contribution in [1.29, 1.82) is 0 Å².